The second kappa shape index (κ2) is 5.00. The van der Waals surface area contributed by atoms with E-state index in [4.69, 9.17) is 0 Å². The van der Waals surface area contributed by atoms with E-state index in [-0.39, 0.29) is 17.3 Å². The molecule has 1 aromatic carbocycles. The molecule has 2 atom stereocenters. The lowest BCUT2D eigenvalue weighted by Gasteiger charge is -2.34. The monoisotopic (exact) mass is 249 g/mol. The number of nitrogens with one attached hydrogen (secondary N) is 1. The van der Waals surface area contributed by atoms with Gasteiger partial charge in [-0.1, -0.05) is 32.9 Å². The summed E-state index contributed by atoms with van der Waals surface area (Å²) < 4.78 is 13.0. The predicted octanol–water partition coefficient (Wildman–Crippen LogP) is 4.30. The molecule has 0 radical (unpaired) electrons. The molecule has 0 heterocycles. The molecule has 1 aromatic rings. The SMILES string of the molecule is CC(NC(c1ccc(F)cc1)C(C)(C)C)C1CC1. The molecule has 2 heteroatoms. The topological polar surface area (TPSA) is 12.0 Å². The fraction of sp³-hybridized carbons (Fsp3) is 0.625. The molecule has 2 rings (SSSR count). The third kappa shape index (κ3) is 3.32. The van der Waals surface area contributed by atoms with Crippen molar-refractivity contribution in [1.29, 1.82) is 0 Å². The number of hydrogen-bond donors (Lipinski definition) is 1. The van der Waals surface area contributed by atoms with Crippen molar-refractivity contribution in [2.24, 2.45) is 11.3 Å². The van der Waals surface area contributed by atoms with Gasteiger partial charge in [0.1, 0.15) is 5.82 Å². The van der Waals surface area contributed by atoms with E-state index in [1.54, 1.807) is 12.1 Å². The Morgan fingerprint density at radius 3 is 2.17 bits per heavy atom. The minimum Gasteiger partial charge on any atom is -0.307 e. The second-order valence-electron chi connectivity index (χ2n) is 6.64. The molecule has 0 bridgehead atoms. The van der Waals surface area contributed by atoms with Gasteiger partial charge in [-0.05, 0) is 48.8 Å². The van der Waals surface area contributed by atoms with E-state index in [9.17, 15) is 4.39 Å². The van der Waals surface area contributed by atoms with Crippen LogP contribution in [0.15, 0.2) is 24.3 Å². The quantitative estimate of drug-likeness (QED) is 0.839. The van der Waals surface area contributed by atoms with E-state index in [0.29, 0.717) is 6.04 Å². The zero-order chi connectivity index (χ0) is 13.3. The lowest BCUT2D eigenvalue weighted by molar-refractivity contribution is 0.245. The van der Waals surface area contributed by atoms with Crippen LogP contribution in [0.25, 0.3) is 0 Å². The Bertz CT molecular complexity index is 387. The van der Waals surface area contributed by atoms with Gasteiger partial charge in [0.25, 0.3) is 0 Å². The van der Waals surface area contributed by atoms with Crippen molar-refractivity contribution >= 4 is 0 Å². The van der Waals surface area contributed by atoms with Gasteiger partial charge in [-0.2, -0.15) is 0 Å². The van der Waals surface area contributed by atoms with Crippen molar-refractivity contribution in [1.82, 2.24) is 5.32 Å². The molecular weight excluding hydrogens is 225 g/mol. The Labute approximate surface area is 110 Å². The summed E-state index contributed by atoms with van der Waals surface area (Å²) in [6.45, 7) is 8.95. The molecule has 18 heavy (non-hydrogen) atoms. The molecule has 100 valence electrons. The zero-order valence-corrected chi connectivity index (χ0v) is 11.8. The first-order valence-corrected chi connectivity index (χ1v) is 6.89. The molecule has 2 unspecified atom stereocenters. The lowest BCUT2D eigenvalue weighted by Crippen LogP contribution is -2.39. The number of benzene rings is 1. The van der Waals surface area contributed by atoms with E-state index in [1.807, 2.05) is 12.1 Å². The third-order valence-electron chi connectivity index (χ3n) is 3.83. The standard InChI is InChI=1S/C16H24FN/c1-11(12-5-6-12)18-15(16(2,3)4)13-7-9-14(17)10-8-13/h7-12,15,18H,5-6H2,1-4H3. The third-order valence-corrected chi connectivity index (χ3v) is 3.83. The van der Waals surface area contributed by atoms with E-state index < -0.39 is 0 Å². The summed E-state index contributed by atoms with van der Waals surface area (Å²) in [6, 6.07) is 7.72. The van der Waals surface area contributed by atoms with Crippen LogP contribution in [0.1, 0.15) is 52.1 Å². The van der Waals surface area contributed by atoms with Crippen molar-refractivity contribution in [2.75, 3.05) is 0 Å². The molecule has 0 aliphatic heterocycles. The maximum atomic E-state index is 13.0. The minimum absolute atomic E-state index is 0.126. The van der Waals surface area contributed by atoms with Crippen LogP contribution >= 0.6 is 0 Å². The van der Waals surface area contributed by atoms with Crippen LogP contribution in [0.5, 0.6) is 0 Å². The number of rotatable bonds is 4. The normalized spacial score (nSPS) is 19.6. The highest BCUT2D eigenvalue weighted by Crippen LogP contribution is 2.37. The maximum Gasteiger partial charge on any atom is 0.123 e. The Morgan fingerprint density at radius 1 is 1.17 bits per heavy atom. The first kappa shape index (κ1) is 13.5. The molecule has 1 aliphatic carbocycles. The Morgan fingerprint density at radius 2 is 1.72 bits per heavy atom. The van der Waals surface area contributed by atoms with Gasteiger partial charge in [-0.25, -0.2) is 4.39 Å². The summed E-state index contributed by atoms with van der Waals surface area (Å²) >= 11 is 0. The summed E-state index contributed by atoms with van der Waals surface area (Å²) in [6.07, 6.45) is 2.68. The second-order valence-corrected chi connectivity index (χ2v) is 6.64. The summed E-state index contributed by atoms with van der Waals surface area (Å²) in [4.78, 5) is 0. The molecule has 1 nitrogen and oxygen atoms in total. The number of halogens is 1. The van der Waals surface area contributed by atoms with Gasteiger partial charge in [0.05, 0.1) is 0 Å². The van der Waals surface area contributed by atoms with Crippen LogP contribution in [0.2, 0.25) is 0 Å². The number of hydrogen-bond acceptors (Lipinski definition) is 1. The van der Waals surface area contributed by atoms with E-state index in [0.717, 1.165) is 5.92 Å². The van der Waals surface area contributed by atoms with Gasteiger partial charge in [0.2, 0.25) is 0 Å². The summed E-state index contributed by atoms with van der Waals surface area (Å²) in [5, 5.41) is 3.73. The van der Waals surface area contributed by atoms with Crippen molar-refractivity contribution in [3.8, 4) is 0 Å². The minimum atomic E-state index is -0.165. The fourth-order valence-corrected chi connectivity index (χ4v) is 2.50. The van der Waals surface area contributed by atoms with Crippen LogP contribution in [-0.2, 0) is 0 Å². The smallest absolute Gasteiger partial charge is 0.123 e. The van der Waals surface area contributed by atoms with Gasteiger partial charge in [-0.3, -0.25) is 0 Å². The van der Waals surface area contributed by atoms with E-state index in [1.165, 1.54) is 18.4 Å². The van der Waals surface area contributed by atoms with E-state index >= 15 is 0 Å². The summed E-state index contributed by atoms with van der Waals surface area (Å²) in [7, 11) is 0. The lowest BCUT2D eigenvalue weighted by atomic mass is 9.81. The van der Waals surface area contributed by atoms with Crippen LogP contribution in [-0.4, -0.2) is 6.04 Å². The first-order valence-electron chi connectivity index (χ1n) is 6.89. The molecular formula is C16H24FN. The molecule has 1 aliphatic rings. The average Bonchev–Trinajstić information content (AvgIpc) is 3.09. The van der Waals surface area contributed by atoms with Gasteiger partial charge >= 0.3 is 0 Å². The van der Waals surface area contributed by atoms with Crippen LogP contribution < -0.4 is 5.32 Å². The van der Waals surface area contributed by atoms with Crippen molar-refractivity contribution < 1.29 is 4.39 Å². The molecule has 1 fully saturated rings. The van der Waals surface area contributed by atoms with E-state index in [2.05, 4.69) is 33.0 Å². The molecule has 1 saturated carbocycles. The fourth-order valence-electron chi connectivity index (χ4n) is 2.50. The zero-order valence-electron chi connectivity index (χ0n) is 11.8. The van der Waals surface area contributed by atoms with Crippen molar-refractivity contribution in [2.45, 2.75) is 52.6 Å². The summed E-state index contributed by atoms with van der Waals surface area (Å²) in [5.74, 6) is 0.664. The van der Waals surface area contributed by atoms with Crippen LogP contribution in [0.4, 0.5) is 4.39 Å². The first-order chi connectivity index (χ1) is 8.38. The van der Waals surface area contributed by atoms with Gasteiger partial charge in [-0.15, -0.1) is 0 Å². The highest BCUT2D eigenvalue weighted by atomic mass is 19.1. The van der Waals surface area contributed by atoms with Crippen molar-refractivity contribution in [3.63, 3.8) is 0 Å². The van der Waals surface area contributed by atoms with Gasteiger partial charge in [0, 0.05) is 12.1 Å². The van der Waals surface area contributed by atoms with Crippen LogP contribution in [0, 0.1) is 17.2 Å². The highest BCUT2D eigenvalue weighted by molar-refractivity contribution is 5.22. The highest BCUT2D eigenvalue weighted by Gasteiger charge is 2.33. The molecule has 1 N–H and O–H groups in total. The van der Waals surface area contributed by atoms with Crippen molar-refractivity contribution in [3.05, 3.63) is 35.6 Å². The Balaban J connectivity index is 2.16. The maximum absolute atomic E-state index is 13.0. The van der Waals surface area contributed by atoms with Gasteiger partial charge in [0.15, 0.2) is 0 Å². The molecule has 0 spiro atoms. The summed E-state index contributed by atoms with van der Waals surface area (Å²) in [5.41, 5.74) is 1.30. The molecule has 0 aromatic heterocycles. The predicted molar refractivity (Wildman–Crippen MR) is 73.9 cm³/mol. The Kier molecular flexibility index (Phi) is 3.76. The average molecular weight is 249 g/mol. The Hall–Kier alpha value is -0.890. The largest absolute Gasteiger partial charge is 0.307 e. The molecule has 0 saturated heterocycles. The molecule has 0 amide bonds. The van der Waals surface area contributed by atoms with Gasteiger partial charge < -0.3 is 5.32 Å². The van der Waals surface area contributed by atoms with Crippen LogP contribution in [0.3, 0.4) is 0 Å².